The van der Waals surface area contributed by atoms with E-state index in [2.05, 4.69) is 32.3 Å². The number of primary amides is 1. The van der Waals surface area contributed by atoms with Gasteiger partial charge in [-0.2, -0.15) is 0 Å². The molecule has 0 unspecified atom stereocenters. The highest BCUT2D eigenvalue weighted by molar-refractivity contribution is 5.90. The molecule has 5 nitrogen and oxygen atoms in total. The molecule has 0 aliphatic heterocycles. The standard InChI is InChI=1S/C8H15NO2.C4H7NO/c1-4-8(10)9-6-11-5-7(2)3;1-3(2)4(5)6/h4,7H,1,5-6H2,2-3H3,(H,9,10);1H2,2H3,(H2,5,6). The minimum absolute atomic E-state index is 0.200. The Labute approximate surface area is 103 Å². The molecule has 17 heavy (non-hydrogen) atoms. The SMILES string of the molecule is C=C(C)C(N)=O.C=CC(=O)NCOCC(C)C. The molecule has 0 aliphatic carbocycles. The van der Waals surface area contributed by atoms with Crippen molar-refractivity contribution in [1.29, 1.82) is 0 Å². The van der Waals surface area contributed by atoms with E-state index in [1.54, 1.807) is 6.92 Å². The van der Waals surface area contributed by atoms with E-state index in [1.165, 1.54) is 6.08 Å². The molecule has 0 atom stereocenters. The van der Waals surface area contributed by atoms with E-state index >= 15 is 0 Å². The molecule has 5 heteroatoms. The zero-order valence-electron chi connectivity index (χ0n) is 10.8. The van der Waals surface area contributed by atoms with Gasteiger partial charge in [0.05, 0.1) is 6.61 Å². The number of nitrogens with one attached hydrogen (secondary N) is 1. The summed E-state index contributed by atoms with van der Waals surface area (Å²) in [4.78, 5) is 20.4. The van der Waals surface area contributed by atoms with E-state index in [1.807, 2.05) is 0 Å². The molecule has 3 N–H and O–H groups in total. The van der Waals surface area contributed by atoms with Crippen LogP contribution in [0.25, 0.3) is 0 Å². The van der Waals surface area contributed by atoms with E-state index in [4.69, 9.17) is 10.5 Å². The first-order valence-electron chi connectivity index (χ1n) is 5.24. The van der Waals surface area contributed by atoms with Gasteiger partial charge in [0.25, 0.3) is 0 Å². The topological polar surface area (TPSA) is 81.4 Å². The van der Waals surface area contributed by atoms with Crippen LogP contribution in [0.3, 0.4) is 0 Å². The van der Waals surface area contributed by atoms with Gasteiger partial charge >= 0.3 is 0 Å². The van der Waals surface area contributed by atoms with Crippen LogP contribution < -0.4 is 11.1 Å². The van der Waals surface area contributed by atoms with Gasteiger partial charge in [-0.3, -0.25) is 9.59 Å². The predicted molar refractivity (Wildman–Crippen MR) is 68.0 cm³/mol. The van der Waals surface area contributed by atoms with Crippen LogP contribution in [-0.2, 0) is 14.3 Å². The number of rotatable bonds is 6. The van der Waals surface area contributed by atoms with E-state index in [0.717, 1.165) is 0 Å². The van der Waals surface area contributed by atoms with E-state index in [-0.39, 0.29) is 12.6 Å². The summed E-state index contributed by atoms with van der Waals surface area (Å²) in [5, 5.41) is 2.51. The number of hydrogen-bond acceptors (Lipinski definition) is 3. The van der Waals surface area contributed by atoms with Gasteiger partial charge in [0.2, 0.25) is 11.8 Å². The lowest BCUT2D eigenvalue weighted by Gasteiger charge is -2.06. The van der Waals surface area contributed by atoms with Gasteiger partial charge in [-0.25, -0.2) is 0 Å². The molecule has 0 aliphatic rings. The fourth-order valence-electron chi connectivity index (χ4n) is 0.489. The van der Waals surface area contributed by atoms with Gasteiger partial charge in [0, 0.05) is 5.57 Å². The zero-order chi connectivity index (χ0) is 13.8. The highest BCUT2D eigenvalue weighted by Crippen LogP contribution is 1.90. The summed E-state index contributed by atoms with van der Waals surface area (Å²) in [7, 11) is 0. The molecule has 0 aromatic heterocycles. The van der Waals surface area contributed by atoms with E-state index < -0.39 is 5.91 Å². The Morgan fingerprint density at radius 3 is 2.24 bits per heavy atom. The number of hydrogen-bond donors (Lipinski definition) is 2. The Morgan fingerprint density at radius 1 is 1.47 bits per heavy atom. The fraction of sp³-hybridized carbons (Fsp3) is 0.500. The Kier molecular flexibility index (Phi) is 11.4. The summed E-state index contributed by atoms with van der Waals surface area (Å²) < 4.78 is 5.09. The van der Waals surface area contributed by atoms with Crippen molar-refractivity contribution in [1.82, 2.24) is 5.32 Å². The molecule has 0 radical (unpaired) electrons. The molecule has 0 bridgehead atoms. The van der Waals surface area contributed by atoms with Crippen molar-refractivity contribution in [3.63, 3.8) is 0 Å². The second-order valence-corrected chi connectivity index (χ2v) is 3.80. The maximum atomic E-state index is 10.5. The van der Waals surface area contributed by atoms with Crippen LogP contribution in [0.1, 0.15) is 20.8 Å². The number of nitrogens with two attached hydrogens (primary N) is 1. The first-order valence-corrected chi connectivity index (χ1v) is 5.24. The summed E-state index contributed by atoms with van der Waals surface area (Å²) in [6.07, 6.45) is 1.22. The van der Waals surface area contributed by atoms with Crippen molar-refractivity contribution in [2.75, 3.05) is 13.3 Å². The Balaban J connectivity index is 0. The average molecular weight is 242 g/mol. The smallest absolute Gasteiger partial charge is 0.245 e. The Bertz CT molecular complexity index is 261. The van der Waals surface area contributed by atoms with Gasteiger partial charge in [0.15, 0.2) is 0 Å². The lowest BCUT2D eigenvalue weighted by atomic mass is 10.2. The minimum Gasteiger partial charge on any atom is -0.366 e. The van der Waals surface area contributed by atoms with Crippen LogP contribution in [0.5, 0.6) is 0 Å². The van der Waals surface area contributed by atoms with Crippen LogP contribution >= 0.6 is 0 Å². The summed E-state index contributed by atoms with van der Waals surface area (Å²) >= 11 is 0. The molecular formula is C12H22N2O3. The van der Waals surface area contributed by atoms with E-state index in [0.29, 0.717) is 18.1 Å². The molecule has 0 heterocycles. The molecular weight excluding hydrogens is 220 g/mol. The minimum atomic E-state index is -0.435. The molecule has 0 spiro atoms. The van der Waals surface area contributed by atoms with Gasteiger partial charge in [-0.05, 0) is 18.9 Å². The zero-order valence-corrected chi connectivity index (χ0v) is 10.8. The normalized spacial score (nSPS) is 8.94. The Hall–Kier alpha value is -1.62. The van der Waals surface area contributed by atoms with Gasteiger partial charge in [-0.15, -0.1) is 0 Å². The van der Waals surface area contributed by atoms with Crippen molar-refractivity contribution in [2.24, 2.45) is 11.7 Å². The van der Waals surface area contributed by atoms with Crippen LogP contribution in [0.15, 0.2) is 24.8 Å². The quantitative estimate of drug-likeness (QED) is 0.413. The van der Waals surface area contributed by atoms with Crippen molar-refractivity contribution in [3.05, 3.63) is 24.8 Å². The summed E-state index contributed by atoms with van der Waals surface area (Å²) in [6.45, 7) is 13.2. The van der Waals surface area contributed by atoms with Gasteiger partial charge < -0.3 is 15.8 Å². The number of carbonyl (C=O) groups excluding carboxylic acids is 2. The number of amides is 2. The molecule has 0 rings (SSSR count). The summed E-state index contributed by atoms with van der Waals surface area (Å²) in [5.74, 6) is -0.139. The number of carbonyl (C=O) groups is 2. The molecule has 98 valence electrons. The first-order chi connectivity index (χ1) is 7.81. The molecule has 0 aromatic carbocycles. The van der Waals surface area contributed by atoms with Crippen molar-refractivity contribution < 1.29 is 14.3 Å². The van der Waals surface area contributed by atoms with Crippen molar-refractivity contribution >= 4 is 11.8 Å². The second kappa shape index (κ2) is 10.9. The van der Waals surface area contributed by atoms with Crippen molar-refractivity contribution in [2.45, 2.75) is 20.8 Å². The molecule has 0 saturated carbocycles. The van der Waals surface area contributed by atoms with Gasteiger partial charge in [0.1, 0.15) is 6.73 Å². The van der Waals surface area contributed by atoms with Crippen LogP contribution in [-0.4, -0.2) is 25.2 Å². The number of ether oxygens (including phenoxy) is 1. The average Bonchev–Trinajstić information content (AvgIpc) is 2.24. The summed E-state index contributed by atoms with van der Waals surface area (Å²) in [6, 6.07) is 0. The molecule has 0 aromatic rings. The Morgan fingerprint density at radius 2 is 1.94 bits per heavy atom. The third-order valence-corrected chi connectivity index (χ3v) is 1.41. The van der Waals surface area contributed by atoms with Crippen LogP contribution in [0.4, 0.5) is 0 Å². The molecule has 0 fully saturated rings. The maximum Gasteiger partial charge on any atom is 0.245 e. The highest BCUT2D eigenvalue weighted by Gasteiger charge is 1.94. The second-order valence-electron chi connectivity index (χ2n) is 3.80. The third-order valence-electron chi connectivity index (χ3n) is 1.41. The first kappa shape index (κ1) is 17.8. The van der Waals surface area contributed by atoms with E-state index in [9.17, 15) is 9.59 Å². The third kappa shape index (κ3) is 17.0. The predicted octanol–water partition coefficient (Wildman–Crippen LogP) is 0.966. The van der Waals surface area contributed by atoms with Crippen LogP contribution in [0.2, 0.25) is 0 Å². The summed E-state index contributed by atoms with van der Waals surface area (Å²) in [5.41, 5.74) is 5.09. The fourth-order valence-corrected chi connectivity index (χ4v) is 0.489. The molecule has 2 amide bonds. The maximum absolute atomic E-state index is 10.5. The van der Waals surface area contributed by atoms with Crippen molar-refractivity contribution in [3.8, 4) is 0 Å². The van der Waals surface area contributed by atoms with Gasteiger partial charge in [-0.1, -0.05) is 27.0 Å². The van der Waals surface area contributed by atoms with Crippen LogP contribution in [0, 0.1) is 5.92 Å². The lowest BCUT2D eigenvalue weighted by molar-refractivity contribution is -0.118. The lowest BCUT2D eigenvalue weighted by Crippen LogP contribution is -2.24. The highest BCUT2D eigenvalue weighted by atomic mass is 16.5. The monoisotopic (exact) mass is 242 g/mol. The molecule has 0 saturated heterocycles. The largest absolute Gasteiger partial charge is 0.366 e.